The van der Waals surface area contributed by atoms with Gasteiger partial charge in [0, 0.05) is 56.4 Å². The van der Waals surface area contributed by atoms with E-state index in [0.717, 1.165) is 31.6 Å². The summed E-state index contributed by atoms with van der Waals surface area (Å²) < 4.78 is 32.3. The molecule has 2 saturated heterocycles. The number of benzene rings is 1. The number of carbonyl (C=O) groups is 1. The molecular weight excluding hydrogens is 416 g/mol. The number of hydrogen-bond acceptors (Lipinski definition) is 6. The number of anilines is 1. The largest absolute Gasteiger partial charge is 0.379 e. The fourth-order valence-corrected chi connectivity index (χ4v) is 5.41. The zero-order chi connectivity index (χ0) is 21.7. The minimum absolute atomic E-state index is 0.0677. The summed E-state index contributed by atoms with van der Waals surface area (Å²) in [6, 6.07) is 10.6. The van der Waals surface area contributed by atoms with E-state index >= 15 is 0 Å². The molecule has 0 saturated carbocycles. The molecule has 0 radical (unpaired) electrons. The number of amides is 1. The zero-order valence-corrected chi connectivity index (χ0v) is 18.3. The summed E-state index contributed by atoms with van der Waals surface area (Å²) in [6.07, 6.45) is 5.19. The molecule has 2 aliphatic rings. The van der Waals surface area contributed by atoms with Crippen molar-refractivity contribution in [2.45, 2.75) is 17.7 Å². The van der Waals surface area contributed by atoms with Crippen molar-refractivity contribution in [3.63, 3.8) is 0 Å². The molecule has 3 heterocycles. The van der Waals surface area contributed by atoms with Gasteiger partial charge in [-0.3, -0.25) is 9.78 Å². The number of aromatic nitrogens is 1. The van der Waals surface area contributed by atoms with Crippen molar-refractivity contribution in [1.82, 2.24) is 14.6 Å². The lowest BCUT2D eigenvalue weighted by molar-refractivity contribution is 0.0730. The minimum Gasteiger partial charge on any atom is -0.379 e. The molecule has 0 spiro atoms. The van der Waals surface area contributed by atoms with Crippen LogP contribution in [0, 0.1) is 5.92 Å². The lowest BCUT2D eigenvalue weighted by Gasteiger charge is -2.34. The average molecular weight is 445 g/mol. The molecule has 2 aliphatic heterocycles. The normalized spacial score (nSPS) is 18.6. The Labute approximate surface area is 183 Å². The van der Waals surface area contributed by atoms with Crippen LogP contribution >= 0.6 is 0 Å². The summed E-state index contributed by atoms with van der Waals surface area (Å²) in [5.41, 5.74) is 1.65. The second-order valence-electron chi connectivity index (χ2n) is 7.89. The van der Waals surface area contributed by atoms with Gasteiger partial charge in [-0.2, -0.15) is 4.31 Å². The van der Waals surface area contributed by atoms with Crippen LogP contribution in [0.2, 0.25) is 0 Å². The lowest BCUT2D eigenvalue weighted by Crippen LogP contribution is -2.40. The molecule has 0 atom stereocenters. The quantitative estimate of drug-likeness (QED) is 0.730. The second-order valence-corrected chi connectivity index (χ2v) is 9.82. The van der Waals surface area contributed by atoms with Gasteiger partial charge in [-0.05, 0) is 55.2 Å². The maximum absolute atomic E-state index is 12.8. The number of nitrogens with one attached hydrogen (secondary N) is 1. The van der Waals surface area contributed by atoms with Gasteiger partial charge in [-0.1, -0.05) is 0 Å². The van der Waals surface area contributed by atoms with Crippen molar-refractivity contribution in [2.24, 2.45) is 5.92 Å². The fourth-order valence-electron chi connectivity index (χ4n) is 4.00. The number of pyridine rings is 1. The van der Waals surface area contributed by atoms with E-state index in [1.807, 2.05) is 12.1 Å². The third-order valence-corrected chi connectivity index (χ3v) is 7.83. The predicted molar refractivity (Wildman–Crippen MR) is 118 cm³/mol. The molecule has 1 aromatic heterocycles. The Morgan fingerprint density at radius 3 is 2.29 bits per heavy atom. The maximum atomic E-state index is 12.8. The molecule has 2 aromatic rings. The van der Waals surface area contributed by atoms with Crippen molar-refractivity contribution in [3.05, 3.63) is 54.4 Å². The van der Waals surface area contributed by atoms with E-state index in [-0.39, 0.29) is 5.91 Å². The van der Waals surface area contributed by atoms with Crippen molar-refractivity contribution in [3.8, 4) is 0 Å². The Bertz CT molecular complexity index is 968. The number of hydrogen-bond donors (Lipinski definition) is 1. The third-order valence-electron chi connectivity index (χ3n) is 5.92. The van der Waals surface area contributed by atoms with Gasteiger partial charge < -0.3 is 15.0 Å². The number of nitrogens with zero attached hydrogens (tertiary/aromatic N) is 3. The van der Waals surface area contributed by atoms with E-state index in [1.165, 1.54) is 4.31 Å². The summed E-state index contributed by atoms with van der Waals surface area (Å²) in [5.74, 6) is 0.366. The Morgan fingerprint density at radius 1 is 1.00 bits per heavy atom. The first kappa shape index (κ1) is 21.7. The first-order chi connectivity index (χ1) is 15.0. The van der Waals surface area contributed by atoms with Crippen LogP contribution in [0.1, 0.15) is 23.2 Å². The highest BCUT2D eigenvalue weighted by molar-refractivity contribution is 7.89. The number of rotatable bonds is 6. The monoisotopic (exact) mass is 444 g/mol. The van der Waals surface area contributed by atoms with Crippen LogP contribution in [0.3, 0.4) is 0 Å². The highest BCUT2D eigenvalue weighted by Gasteiger charge is 2.27. The van der Waals surface area contributed by atoms with E-state index in [4.69, 9.17) is 4.74 Å². The Morgan fingerprint density at radius 2 is 1.65 bits per heavy atom. The number of piperidine rings is 1. The average Bonchev–Trinajstić information content (AvgIpc) is 2.84. The highest BCUT2D eigenvalue weighted by atomic mass is 32.2. The minimum atomic E-state index is -3.47. The van der Waals surface area contributed by atoms with Crippen LogP contribution in [0.15, 0.2) is 53.7 Å². The van der Waals surface area contributed by atoms with Crippen LogP contribution in [-0.2, 0) is 14.8 Å². The van der Waals surface area contributed by atoms with Gasteiger partial charge in [-0.25, -0.2) is 8.42 Å². The van der Waals surface area contributed by atoms with Crippen molar-refractivity contribution >= 4 is 21.6 Å². The van der Waals surface area contributed by atoms with Crippen LogP contribution < -0.4 is 10.2 Å². The molecule has 4 rings (SSSR count). The van der Waals surface area contributed by atoms with Gasteiger partial charge in [0.05, 0.1) is 18.1 Å². The predicted octanol–water partition coefficient (Wildman–Crippen LogP) is 1.75. The molecule has 31 heavy (non-hydrogen) atoms. The maximum Gasteiger partial charge on any atom is 0.251 e. The van der Waals surface area contributed by atoms with Gasteiger partial charge in [0.25, 0.3) is 5.91 Å². The van der Waals surface area contributed by atoms with Crippen LogP contribution in [0.5, 0.6) is 0 Å². The van der Waals surface area contributed by atoms with E-state index < -0.39 is 10.0 Å². The van der Waals surface area contributed by atoms with Crippen molar-refractivity contribution in [2.75, 3.05) is 50.8 Å². The standard InChI is InChI=1S/C22H28N4O4S/c27-22(19-5-9-23-10-6-19)24-17-18-7-11-25(12-8-18)20-1-3-21(4-2-20)31(28,29)26-13-15-30-16-14-26/h1-6,9-10,18H,7-8,11-17H2,(H,24,27). The number of sulfonamides is 1. The number of carbonyl (C=O) groups excluding carboxylic acids is 1. The molecule has 0 bridgehead atoms. The molecule has 9 heteroatoms. The van der Waals surface area contributed by atoms with Crippen molar-refractivity contribution < 1.29 is 17.9 Å². The summed E-state index contributed by atoms with van der Waals surface area (Å²) in [5, 5.41) is 3.01. The van der Waals surface area contributed by atoms with Gasteiger partial charge >= 0.3 is 0 Å². The van der Waals surface area contributed by atoms with Gasteiger partial charge in [0.2, 0.25) is 10.0 Å². The molecule has 1 amide bonds. The van der Waals surface area contributed by atoms with Crippen LogP contribution in [0.25, 0.3) is 0 Å². The summed E-state index contributed by atoms with van der Waals surface area (Å²) >= 11 is 0. The fraction of sp³-hybridized carbons (Fsp3) is 0.455. The Balaban J connectivity index is 1.28. The van der Waals surface area contributed by atoms with E-state index in [2.05, 4.69) is 15.2 Å². The summed E-state index contributed by atoms with van der Waals surface area (Å²) in [7, 11) is -3.47. The van der Waals surface area contributed by atoms with Gasteiger partial charge in [0.1, 0.15) is 0 Å². The molecule has 8 nitrogen and oxygen atoms in total. The highest BCUT2D eigenvalue weighted by Crippen LogP contribution is 2.25. The van der Waals surface area contributed by atoms with E-state index in [0.29, 0.717) is 49.2 Å². The van der Waals surface area contributed by atoms with Crippen molar-refractivity contribution in [1.29, 1.82) is 0 Å². The second kappa shape index (κ2) is 9.76. The van der Waals surface area contributed by atoms with E-state index in [9.17, 15) is 13.2 Å². The van der Waals surface area contributed by atoms with Crippen LogP contribution in [-0.4, -0.2) is 69.6 Å². The first-order valence-corrected chi connectivity index (χ1v) is 12.1. The SMILES string of the molecule is O=C(NCC1CCN(c2ccc(S(=O)(=O)N3CCOCC3)cc2)CC1)c1ccncc1. The summed E-state index contributed by atoms with van der Waals surface area (Å²) in [4.78, 5) is 18.7. The number of ether oxygens (including phenoxy) is 1. The van der Waals surface area contributed by atoms with Crippen LogP contribution in [0.4, 0.5) is 5.69 Å². The Hall–Kier alpha value is -2.49. The van der Waals surface area contributed by atoms with E-state index in [1.54, 1.807) is 36.7 Å². The smallest absolute Gasteiger partial charge is 0.251 e. The molecule has 1 N–H and O–H groups in total. The number of morpholine rings is 1. The summed E-state index contributed by atoms with van der Waals surface area (Å²) in [6.45, 7) is 4.09. The topological polar surface area (TPSA) is 91.8 Å². The molecule has 2 fully saturated rings. The molecule has 166 valence electrons. The van der Waals surface area contributed by atoms with Gasteiger partial charge in [-0.15, -0.1) is 0 Å². The molecule has 0 aliphatic carbocycles. The Kier molecular flexibility index (Phi) is 6.84. The first-order valence-electron chi connectivity index (χ1n) is 10.7. The van der Waals surface area contributed by atoms with Gasteiger partial charge in [0.15, 0.2) is 0 Å². The molecular formula is C22H28N4O4S. The lowest BCUT2D eigenvalue weighted by atomic mass is 9.96. The molecule has 1 aromatic carbocycles. The zero-order valence-electron chi connectivity index (χ0n) is 17.4. The molecule has 0 unspecified atom stereocenters. The third kappa shape index (κ3) is 5.23.